The Morgan fingerprint density at radius 2 is 2.13 bits per heavy atom. The number of aliphatic imine (C=N–C) groups is 1. The van der Waals surface area contributed by atoms with E-state index in [-0.39, 0.29) is 42.2 Å². The number of piperidine rings is 1. The fraction of sp³-hybridized carbons (Fsp3) is 0.600. The molecule has 0 bridgehead atoms. The number of alkyl halides is 2. The molecule has 0 aliphatic carbocycles. The number of amides is 1. The Bertz CT molecular complexity index is 707. The average Bonchev–Trinajstić information content (AvgIpc) is 2.70. The first-order valence-corrected chi connectivity index (χ1v) is 9.77. The van der Waals surface area contributed by atoms with Crippen molar-refractivity contribution in [2.75, 3.05) is 33.8 Å². The minimum absolute atomic E-state index is 0. The summed E-state index contributed by atoms with van der Waals surface area (Å²) >= 11 is 0. The molecule has 1 aromatic rings. The van der Waals surface area contributed by atoms with Crippen molar-refractivity contribution in [1.29, 1.82) is 0 Å². The lowest BCUT2D eigenvalue weighted by Gasteiger charge is -2.31. The summed E-state index contributed by atoms with van der Waals surface area (Å²) in [5, 5.41) is 6.13. The minimum Gasteiger partial charge on any atom is -0.497 e. The van der Waals surface area contributed by atoms with Crippen molar-refractivity contribution in [3.63, 3.8) is 0 Å². The van der Waals surface area contributed by atoms with Gasteiger partial charge in [-0.1, -0.05) is 6.92 Å². The highest BCUT2D eigenvalue weighted by atomic mass is 127. The topological polar surface area (TPSA) is 75.2 Å². The molecule has 0 spiro atoms. The van der Waals surface area contributed by atoms with Crippen molar-refractivity contribution in [3.8, 4) is 11.5 Å². The van der Waals surface area contributed by atoms with Crippen molar-refractivity contribution in [2.45, 2.75) is 39.3 Å². The van der Waals surface area contributed by atoms with Crippen LogP contribution in [0.4, 0.5) is 8.78 Å². The van der Waals surface area contributed by atoms with E-state index in [2.05, 4.69) is 27.3 Å². The predicted molar refractivity (Wildman–Crippen MR) is 123 cm³/mol. The van der Waals surface area contributed by atoms with Gasteiger partial charge in [0.2, 0.25) is 5.91 Å². The molecule has 10 heteroatoms. The maximum absolute atomic E-state index is 12.6. The van der Waals surface area contributed by atoms with E-state index in [9.17, 15) is 13.6 Å². The molecule has 1 fully saturated rings. The van der Waals surface area contributed by atoms with Gasteiger partial charge in [-0.15, -0.1) is 24.0 Å². The molecule has 2 rings (SSSR count). The van der Waals surface area contributed by atoms with Crippen LogP contribution in [0.1, 0.15) is 31.7 Å². The molecular weight excluding hydrogens is 509 g/mol. The Hall–Kier alpha value is -1.85. The maximum atomic E-state index is 12.6. The number of nitrogens with zero attached hydrogens (tertiary/aromatic N) is 2. The molecule has 2 N–H and O–H groups in total. The number of rotatable bonds is 8. The Morgan fingerprint density at radius 1 is 1.37 bits per heavy atom. The molecule has 1 heterocycles. The Labute approximate surface area is 193 Å². The lowest BCUT2D eigenvalue weighted by molar-refractivity contribution is -0.132. The van der Waals surface area contributed by atoms with Crippen molar-refractivity contribution < 1.29 is 23.0 Å². The summed E-state index contributed by atoms with van der Waals surface area (Å²) in [4.78, 5) is 18.4. The molecule has 1 aromatic carbocycles. The van der Waals surface area contributed by atoms with Crippen molar-refractivity contribution in [3.05, 3.63) is 23.8 Å². The Kier molecular flexibility index (Phi) is 11.7. The molecule has 1 unspecified atom stereocenters. The number of guanidine groups is 1. The smallest absolute Gasteiger partial charge is 0.387 e. The van der Waals surface area contributed by atoms with Crippen LogP contribution in [0.2, 0.25) is 0 Å². The van der Waals surface area contributed by atoms with Gasteiger partial charge < -0.3 is 25.0 Å². The number of likely N-dealkylation sites (tertiary alicyclic amines) is 1. The van der Waals surface area contributed by atoms with Gasteiger partial charge in [0.25, 0.3) is 0 Å². The number of carbonyl (C=O) groups is 1. The second-order valence-corrected chi connectivity index (χ2v) is 7.04. The number of nitrogens with one attached hydrogen (secondary N) is 2. The fourth-order valence-corrected chi connectivity index (χ4v) is 3.29. The quantitative estimate of drug-likeness (QED) is 0.301. The van der Waals surface area contributed by atoms with Gasteiger partial charge in [-0.2, -0.15) is 8.78 Å². The van der Waals surface area contributed by atoms with Crippen LogP contribution in [0.5, 0.6) is 11.5 Å². The first-order valence-electron chi connectivity index (χ1n) is 9.77. The molecule has 1 atom stereocenters. The minimum atomic E-state index is -2.91. The zero-order valence-corrected chi connectivity index (χ0v) is 20.0. The van der Waals surface area contributed by atoms with E-state index in [0.29, 0.717) is 36.2 Å². The molecule has 0 aromatic heterocycles. The normalized spacial score (nSPS) is 16.7. The predicted octanol–water partition coefficient (Wildman–Crippen LogP) is 3.23. The summed E-state index contributed by atoms with van der Waals surface area (Å²) in [6, 6.07) is 4.62. The van der Waals surface area contributed by atoms with Gasteiger partial charge in [0.15, 0.2) is 5.96 Å². The van der Waals surface area contributed by atoms with Crippen molar-refractivity contribution in [1.82, 2.24) is 15.5 Å². The van der Waals surface area contributed by atoms with Crippen LogP contribution in [-0.2, 0) is 11.3 Å². The highest BCUT2D eigenvalue weighted by molar-refractivity contribution is 14.0. The lowest BCUT2D eigenvalue weighted by Crippen LogP contribution is -2.42. The van der Waals surface area contributed by atoms with Gasteiger partial charge in [0.05, 0.1) is 7.11 Å². The Balaban J connectivity index is 0.00000450. The van der Waals surface area contributed by atoms with E-state index >= 15 is 0 Å². The number of ether oxygens (including phenoxy) is 2. The molecule has 7 nitrogen and oxygen atoms in total. The van der Waals surface area contributed by atoms with Crippen LogP contribution in [0.25, 0.3) is 0 Å². The van der Waals surface area contributed by atoms with Gasteiger partial charge in [-0.3, -0.25) is 9.79 Å². The highest BCUT2D eigenvalue weighted by Gasteiger charge is 2.20. The summed E-state index contributed by atoms with van der Waals surface area (Å²) in [5.41, 5.74) is 0.506. The molecule has 1 amide bonds. The van der Waals surface area contributed by atoms with E-state index in [4.69, 9.17) is 4.74 Å². The van der Waals surface area contributed by atoms with Crippen LogP contribution in [0.15, 0.2) is 23.2 Å². The number of halogens is 3. The summed E-state index contributed by atoms with van der Waals surface area (Å²) in [6.07, 6.45) is 2.58. The van der Waals surface area contributed by atoms with E-state index < -0.39 is 6.61 Å². The zero-order chi connectivity index (χ0) is 21.2. The monoisotopic (exact) mass is 540 g/mol. The number of carbonyl (C=O) groups excluding carboxylic acids is 1. The zero-order valence-electron chi connectivity index (χ0n) is 17.6. The van der Waals surface area contributed by atoms with Crippen LogP contribution in [0, 0.1) is 5.92 Å². The van der Waals surface area contributed by atoms with Gasteiger partial charge in [-0.05, 0) is 37.0 Å². The largest absolute Gasteiger partial charge is 0.497 e. The molecule has 1 aliphatic rings. The molecule has 1 aliphatic heterocycles. The van der Waals surface area contributed by atoms with Crippen molar-refractivity contribution >= 4 is 35.8 Å². The lowest BCUT2D eigenvalue weighted by atomic mass is 10.00. The third-order valence-corrected chi connectivity index (χ3v) is 4.79. The molecule has 0 saturated carbocycles. The molecular formula is C20H31F2IN4O3. The summed E-state index contributed by atoms with van der Waals surface area (Å²) in [7, 11) is 3.10. The third-order valence-electron chi connectivity index (χ3n) is 4.79. The standard InChI is InChI=1S/C20H30F2N4O3.HI/c1-14-5-4-10-26(13-14)18(27)8-9-24-20(23-2)25-12-15-11-16(28-3)6-7-17(15)29-19(21)22;/h6-7,11,14,19H,4-5,8-10,12-13H2,1-3H3,(H2,23,24,25);1H. The summed E-state index contributed by atoms with van der Waals surface area (Å²) in [5.74, 6) is 1.74. The SMILES string of the molecule is CN=C(NCCC(=O)N1CCCC(C)C1)NCc1cc(OC)ccc1OC(F)F.I. The van der Waals surface area contributed by atoms with Crippen LogP contribution < -0.4 is 20.1 Å². The number of hydrogen-bond donors (Lipinski definition) is 2. The number of benzene rings is 1. The van der Waals surface area contributed by atoms with E-state index in [1.165, 1.54) is 19.6 Å². The van der Waals surface area contributed by atoms with Gasteiger partial charge in [0.1, 0.15) is 11.5 Å². The Morgan fingerprint density at radius 3 is 2.77 bits per heavy atom. The second kappa shape index (κ2) is 13.5. The van der Waals surface area contributed by atoms with Gasteiger partial charge in [-0.25, -0.2) is 0 Å². The average molecular weight is 540 g/mol. The fourth-order valence-electron chi connectivity index (χ4n) is 3.29. The third kappa shape index (κ3) is 8.49. The summed E-state index contributed by atoms with van der Waals surface area (Å²) < 4.78 is 34.9. The van der Waals surface area contributed by atoms with Gasteiger partial charge in [0, 0.05) is 45.2 Å². The number of hydrogen-bond acceptors (Lipinski definition) is 4. The maximum Gasteiger partial charge on any atom is 0.387 e. The first kappa shape index (κ1) is 26.2. The van der Waals surface area contributed by atoms with Crippen LogP contribution in [0.3, 0.4) is 0 Å². The molecule has 30 heavy (non-hydrogen) atoms. The van der Waals surface area contributed by atoms with E-state index in [1.807, 2.05) is 4.90 Å². The molecule has 170 valence electrons. The number of methoxy groups -OCH3 is 1. The van der Waals surface area contributed by atoms with Crippen LogP contribution in [-0.4, -0.2) is 57.2 Å². The summed E-state index contributed by atoms with van der Waals surface area (Å²) in [6.45, 7) is 1.52. The highest BCUT2D eigenvalue weighted by Crippen LogP contribution is 2.25. The molecule has 0 radical (unpaired) electrons. The molecule has 1 saturated heterocycles. The van der Waals surface area contributed by atoms with Gasteiger partial charge >= 0.3 is 6.61 Å². The van der Waals surface area contributed by atoms with Crippen molar-refractivity contribution in [2.24, 2.45) is 10.9 Å². The first-order chi connectivity index (χ1) is 13.9. The van der Waals surface area contributed by atoms with Crippen LogP contribution >= 0.6 is 24.0 Å². The van der Waals surface area contributed by atoms with E-state index in [1.54, 1.807) is 19.2 Å². The van der Waals surface area contributed by atoms with E-state index in [0.717, 1.165) is 19.5 Å². The second-order valence-electron chi connectivity index (χ2n) is 7.04.